The van der Waals surface area contributed by atoms with E-state index in [1.807, 2.05) is 0 Å². The molecule has 2 aromatic heterocycles. The maximum Gasteiger partial charge on any atom is 0.358 e. The summed E-state index contributed by atoms with van der Waals surface area (Å²) in [5.41, 5.74) is 0.532. The Labute approximate surface area is 103 Å². The lowest BCUT2D eigenvalue weighted by Crippen LogP contribution is -2.03. The van der Waals surface area contributed by atoms with Crippen molar-refractivity contribution >= 4 is 21.9 Å². The SMILES string of the molecule is O=C(O)c1cn(Cc2ccc(F)nc2Br)nn1. The van der Waals surface area contributed by atoms with E-state index in [9.17, 15) is 9.18 Å². The Hall–Kier alpha value is -1.83. The zero-order valence-corrected chi connectivity index (χ0v) is 9.93. The zero-order chi connectivity index (χ0) is 12.4. The summed E-state index contributed by atoms with van der Waals surface area (Å²) in [4.78, 5) is 14.2. The molecule has 0 radical (unpaired) electrons. The molecule has 0 aromatic carbocycles. The number of nitrogens with zero attached hydrogens (tertiary/aromatic N) is 4. The molecule has 0 bridgehead atoms. The quantitative estimate of drug-likeness (QED) is 0.865. The molecule has 0 atom stereocenters. The third-order valence-corrected chi connectivity index (χ3v) is 2.67. The molecule has 0 saturated carbocycles. The number of hydrogen-bond acceptors (Lipinski definition) is 4. The topological polar surface area (TPSA) is 80.9 Å². The smallest absolute Gasteiger partial charge is 0.358 e. The molecular weight excluding hydrogens is 295 g/mol. The van der Waals surface area contributed by atoms with Crippen molar-refractivity contribution in [3.05, 3.63) is 40.1 Å². The van der Waals surface area contributed by atoms with Gasteiger partial charge in [-0.3, -0.25) is 0 Å². The van der Waals surface area contributed by atoms with Gasteiger partial charge in [-0.05, 0) is 28.1 Å². The van der Waals surface area contributed by atoms with Crippen molar-refractivity contribution in [1.29, 1.82) is 0 Å². The number of carbonyl (C=O) groups is 1. The fourth-order valence-corrected chi connectivity index (χ4v) is 1.63. The molecule has 0 aliphatic rings. The van der Waals surface area contributed by atoms with Gasteiger partial charge in [-0.25, -0.2) is 14.5 Å². The van der Waals surface area contributed by atoms with Gasteiger partial charge < -0.3 is 5.11 Å². The Morgan fingerprint density at radius 2 is 2.29 bits per heavy atom. The first-order valence-electron chi connectivity index (χ1n) is 4.50. The number of carboxylic acids is 1. The van der Waals surface area contributed by atoms with E-state index in [1.54, 1.807) is 0 Å². The van der Waals surface area contributed by atoms with Crippen molar-refractivity contribution in [2.75, 3.05) is 0 Å². The van der Waals surface area contributed by atoms with E-state index in [1.165, 1.54) is 23.0 Å². The van der Waals surface area contributed by atoms with Gasteiger partial charge in [0, 0.05) is 5.56 Å². The molecule has 0 aliphatic carbocycles. The van der Waals surface area contributed by atoms with E-state index in [0.29, 0.717) is 10.2 Å². The highest BCUT2D eigenvalue weighted by Crippen LogP contribution is 2.15. The van der Waals surface area contributed by atoms with E-state index in [2.05, 4.69) is 31.2 Å². The molecular formula is C9H6BrFN4O2. The van der Waals surface area contributed by atoms with Crippen LogP contribution in [0.5, 0.6) is 0 Å². The minimum atomic E-state index is -1.15. The Balaban J connectivity index is 2.22. The largest absolute Gasteiger partial charge is 0.476 e. The van der Waals surface area contributed by atoms with Gasteiger partial charge in [0.05, 0.1) is 12.7 Å². The summed E-state index contributed by atoms with van der Waals surface area (Å²) in [6.45, 7) is 0.258. The molecule has 2 aromatic rings. The lowest BCUT2D eigenvalue weighted by Gasteiger charge is -2.02. The summed E-state index contributed by atoms with van der Waals surface area (Å²) < 4.78 is 14.4. The monoisotopic (exact) mass is 300 g/mol. The number of aromatic carboxylic acids is 1. The van der Waals surface area contributed by atoms with Gasteiger partial charge >= 0.3 is 5.97 Å². The van der Waals surface area contributed by atoms with Gasteiger partial charge in [-0.15, -0.1) is 5.10 Å². The van der Waals surface area contributed by atoms with Gasteiger partial charge in [0.15, 0.2) is 5.69 Å². The van der Waals surface area contributed by atoms with Crippen LogP contribution < -0.4 is 0 Å². The number of rotatable bonds is 3. The number of halogens is 2. The van der Waals surface area contributed by atoms with Gasteiger partial charge in [0.2, 0.25) is 5.95 Å². The second-order valence-electron chi connectivity index (χ2n) is 3.19. The summed E-state index contributed by atoms with van der Waals surface area (Å²) in [6, 6.07) is 2.75. The first kappa shape index (κ1) is 11.6. The van der Waals surface area contributed by atoms with E-state index in [0.717, 1.165) is 0 Å². The Morgan fingerprint density at radius 3 is 2.88 bits per heavy atom. The second kappa shape index (κ2) is 4.58. The first-order valence-corrected chi connectivity index (χ1v) is 5.30. The molecule has 0 saturated heterocycles. The summed E-state index contributed by atoms with van der Waals surface area (Å²) in [5.74, 6) is -1.74. The average molecular weight is 301 g/mol. The van der Waals surface area contributed by atoms with Crippen molar-refractivity contribution in [1.82, 2.24) is 20.0 Å². The molecule has 2 rings (SSSR count). The molecule has 88 valence electrons. The summed E-state index contributed by atoms with van der Waals surface area (Å²) in [5, 5.41) is 15.8. The summed E-state index contributed by atoms with van der Waals surface area (Å²) >= 11 is 3.11. The highest BCUT2D eigenvalue weighted by atomic mass is 79.9. The van der Waals surface area contributed by atoms with Crippen molar-refractivity contribution in [3.63, 3.8) is 0 Å². The molecule has 2 heterocycles. The van der Waals surface area contributed by atoms with Gasteiger partial charge in [0.25, 0.3) is 0 Å². The van der Waals surface area contributed by atoms with Gasteiger partial charge in [-0.1, -0.05) is 5.21 Å². The number of pyridine rings is 1. The first-order chi connectivity index (χ1) is 8.06. The number of carboxylic acid groups (broad SMARTS) is 1. The van der Waals surface area contributed by atoms with Crippen molar-refractivity contribution in [2.24, 2.45) is 0 Å². The fourth-order valence-electron chi connectivity index (χ4n) is 1.21. The minimum Gasteiger partial charge on any atom is -0.476 e. The van der Waals surface area contributed by atoms with E-state index < -0.39 is 11.9 Å². The number of aromatic nitrogens is 4. The minimum absolute atomic E-state index is 0.142. The fraction of sp³-hybridized carbons (Fsp3) is 0.111. The molecule has 0 amide bonds. The van der Waals surface area contributed by atoms with E-state index >= 15 is 0 Å². The molecule has 0 unspecified atom stereocenters. The lowest BCUT2D eigenvalue weighted by molar-refractivity contribution is 0.0690. The van der Waals surface area contributed by atoms with Crippen LogP contribution in [0.25, 0.3) is 0 Å². The van der Waals surface area contributed by atoms with Crippen LogP contribution in [0.3, 0.4) is 0 Å². The summed E-state index contributed by atoms with van der Waals surface area (Å²) in [7, 11) is 0. The highest BCUT2D eigenvalue weighted by Gasteiger charge is 2.10. The molecule has 0 spiro atoms. The third kappa shape index (κ3) is 2.64. The zero-order valence-electron chi connectivity index (χ0n) is 8.34. The second-order valence-corrected chi connectivity index (χ2v) is 3.94. The van der Waals surface area contributed by atoms with Crippen LogP contribution in [0, 0.1) is 5.95 Å². The maximum absolute atomic E-state index is 12.7. The Bertz CT molecular complexity index is 572. The predicted octanol–water partition coefficient (Wildman–Crippen LogP) is 1.32. The highest BCUT2D eigenvalue weighted by molar-refractivity contribution is 9.10. The van der Waals surface area contributed by atoms with E-state index in [-0.39, 0.29) is 12.2 Å². The molecule has 0 fully saturated rings. The van der Waals surface area contributed by atoms with Crippen LogP contribution >= 0.6 is 15.9 Å². The van der Waals surface area contributed by atoms with Gasteiger partial charge in [-0.2, -0.15) is 4.39 Å². The third-order valence-electron chi connectivity index (χ3n) is 1.98. The van der Waals surface area contributed by atoms with Crippen molar-refractivity contribution in [2.45, 2.75) is 6.54 Å². The van der Waals surface area contributed by atoms with Crippen LogP contribution in [-0.4, -0.2) is 31.1 Å². The molecule has 8 heteroatoms. The number of hydrogen-bond donors (Lipinski definition) is 1. The van der Waals surface area contributed by atoms with Crippen LogP contribution in [0.1, 0.15) is 16.1 Å². The van der Waals surface area contributed by atoms with Crippen LogP contribution in [0.2, 0.25) is 0 Å². The lowest BCUT2D eigenvalue weighted by atomic mass is 10.3. The summed E-state index contributed by atoms with van der Waals surface area (Å²) in [6.07, 6.45) is 1.29. The molecule has 1 N–H and O–H groups in total. The van der Waals surface area contributed by atoms with Crippen LogP contribution in [-0.2, 0) is 6.54 Å². The molecule has 17 heavy (non-hydrogen) atoms. The normalized spacial score (nSPS) is 10.5. The van der Waals surface area contributed by atoms with E-state index in [4.69, 9.17) is 5.11 Å². The van der Waals surface area contributed by atoms with Gasteiger partial charge in [0.1, 0.15) is 4.60 Å². The average Bonchev–Trinajstić information content (AvgIpc) is 2.71. The van der Waals surface area contributed by atoms with Crippen LogP contribution in [0.4, 0.5) is 4.39 Å². The van der Waals surface area contributed by atoms with Crippen molar-refractivity contribution < 1.29 is 14.3 Å². The Morgan fingerprint density at radius 1 is 1.53 bits per heavy atom. The van der Waals surface area contributed by atoms with Crippen molar-refractivity contribution in [3.8, 4) is 0 Å². The van der Waals surface area contributed by atoms with Crippen LogP contribution in [0.15, 0.2) is 22.9 Å². The standard InChI is InChI=1S/C9H6BrFN4O2/c10-8-5(1-2-7(11)12-8)3-15-4-6(9(16)17)13-14-15/h1-2,4H,3H2,(H,16,17). The maximum atomic E-state index is 12.7. The predicted molar refractivity (Wildman–Crippen MR) is 58.0 cm³/mol. The molecule has 0 aliphatic heterocycles. The molecule has 6 nitrogen and oxygen atoms in total. The Kier molecular flexibility index (Phi) is 3.14.